The van der Waals surface area contributed by atoms with Gasteiger partial charge in [-0.25, -0.2) is 9.37 Å². The summed E-state index contributed by atoms with van der Waals surface area (Å²) in [5.41, 5.74) is 0.614. The maximum atomic E-state index is 13.3. The van der Waals surface area contributed by atoms with Crippen molar-refractivity contribution in [3.63, 3.8) is 0 Å². The van der Waals surface area contributed by atoms with E-state index in [0.29, 0.717) is 54.8 Å². The molecule has 1 atom stereocenters. The van der Waals surface area contributed by atoms with Crippen LogP contribution < -0.4 is 10.2 Å². The summed E-state index contributed by atoms with van der Waals surface area (Å²) in [4.78, 5) is 12.2. The number of rotatable bonds is 5. The van der Waals surface area contributed by atoms with Gasteiger partial charge in [0.05, 0.1) is 40.1 Å². The highest BCUT2D eigenvalue weighted by Crippen LogP contribution is 2.41. The highest BCUT2D eigenvalue weighted by atomic mass is 32.2. The summed E-state index contributed by atoms with van der Waals surface area (Å²) in [6.07, 6.45) is 3.53. The molecule has 2 N–H and O–H groups in total. The zero-order valence-corrected chi connectivity index (χ0v) is 17.9. The molecule has 5 rings (SSSR count). The minimum absolute atomic E-state index is 0.0137. The van der Waals surface area contributed by atoms with Gasteiger partial charge in [0.25, 0.3) is 0 Å². The van der Waals surface area contributed by atoms with Gasteiger partial charge in [-0.1, -0.05) is 12.1 Å². The van der Waals surface area contributed by atoms with Crippen LogP contribution in [-0.2, 0) is 22.6 Å². The van der Waals surface area contributed by atoms with E-state index in [1.54, 1.807) is 12.1 Å². The summed E-state index contributed by atoms with van der Waals surface area (Å²) < 4.78 is 25.9. The number of aromatic nitrogens is 2. The van der Waals surface area contributed by atoms with Crippen LogP contribution in [0, 0.1) is 17.1 Å². The molecule has 9 heteroatoms. The molecule has 1 aromatic heterocycles. The first kappa shape index (κ1) is 20.3. The largest absolute Gasteiger partial charge is 0.394 e. The van der Waals surface area contributed by atoms with Gasteiger partial charge < -0.3 is 15.3 Å². The predicted molar refractivity (Wildman–Crippen MR) is 115 cm³/mol. The van der Waals surface area contributed by atoms with Crippen LogP contribution in [0.5, 0.6) is 0 Å². The van der Waals surface area contributed by atoms with Crippen LogP contribution in [0.15, 0.2) is 29.2 Å². The number of nitrogens with zero attached hydrogens (tertiary/aromatic N) is 4. The van der Waals surface area contributed by atoms with Gasteiger partial charge in [0.15, 0.2) is 0 Å². The predicted octanol–water partition coefficient (Wildman–Crippen LogP) is 2.28. The van der Waals surface area contributed by atoms with E-state index < -0.39 is 16.2 Å². The minimum atomic E-state index is -1.13. The van der Waals surface area contributed by atoms with Crippen molar-refractivity contribution in [2.75, 3.05) is 35.7 Å². The van der Waals surface area contributed by atoms with Crippen molar-refractivity contribution in [3.8, 4) is 6.07 Å². The quantitative estimate of drug-likeness (QED) is 0.734. The van der Waals surface area contributed by atoms with Crippen LogP contribution in [0.4, 0.5) is 16.2 Å². The van der Waals surface area contributed by atoms with Gasteiger partial charge >= 0.3 is 0 Å². The topological polar surface area (TPSA) is 102 Å². The molecule has 1 aliphatic carbocycles. The smallest absolute Gasteiger partial charge is 0.227 e. The SMILES string of the molecule is N#CC1(c2ccc(F)cc2)CCN(c2nc3c(c(NC4(CO)CC4)n2)S(=O)CC3)CC1. The number of nitriles is 1. The molecule has 1 aromatic carbocycles. The molecule has 0 bridgehead atoms. The number of benzene rings is 1. The van der Waals surface area contributed by atoms with Gasteiger partial charge in [0.1, 0.15) is 16.5 Å². The number of nitrogens with one attached hydrogen (secondary N) is 1. The first-order chi connectivity index (χ1) is 15.0. The fourth-order valence-electron chi connectivity index (χ4n) is 4.46. The van der Waals surface area contributed by atoms with Crippen molar-refractivity contribution in [2.24, 2.45) is 0 Å². The van der Waals surface area contributed by atoms with Gasteiger partial charge in [-0.3, -0.25) is 4.21 Å². The maximum Gasteiger partial charge on any atom is 0.227 e. The van der Waals surface area contributed by atoms with E-state index in [0.717, 1.165) is 24.1 Å². The summed E-state index contributed by atoms with van der Waals surface area (Å²) in [5, 5.41) is 23.0. The van der Waals surface area contributed by atoms with E-state index in [1.165, 1.54) is 12.1 Å². The standard InChI is InChI=1S/C22H24FN5O2S/c23-16-3-1-15(2-4-16)21(13-24)8-10-28(11-9-21)20-25-17-5-12-31(30)18(17)19(26-20)27-22(14-29)6-7-22/h1-4,29H,5-12,14H2,(H,25,26,27). The van der Waals surface area contributed by atoms with E-state index in [2.05, 4.69) is 16.3 Å². The Morgan fingerprint density at radius 1 is 1.19 bits per heavy atom. The number of hydrogen-bond acceptors (Lipinski definition) is 7. The average Bonchev–Trinajstić information content (AvgIpc) is 3.47. The normalized spacial score (nSPS) is 23.1. The zero-order chi connectivity index (χ0) is 21.6. The van der Waals surface area contributed by atoms with Crippen molar-refractivity contribution in [1.82, 2.24) is 9.97 Å². The number of aliphatic hydroxyl groups excluding tert-OH is 1. The Bertz CT molecular complexity index is 1070. The molecule has 2 fully saturated rings. The number of aliphatic hydroxyl groups is 1. The summed E-state index contributed by atoms with van der Waals surface area (Å²) >= 11 is 0. The third-order valence-corrected chi connectivity index (χ3v) is 8.19. The Morgan fingerprint density at radius 3 is 2.52 bits per heavy atom. The highest BCUT2D eigenvalue weighted by Gasteiger charge is 2.44. The third kappa shape index (κ3) is 3.58. The summed E-state index contributed by atoms with van der Waals surface area (Å²) in [7, 11) is -1.13. The molecule has 0 radical (unpaired) electrons. The van der Waals surface area contributed by atoms with Crippen LogP contribution in [0.25, 0.3) is 0 Å². The Morgan fingerprint density at radius 2 is 1.90 bits per heavy atom. The molecule has 7 nitrogen and oxygen atoms in total. The molecule has 0 amide bonds. The fourth-order valence-corrected chi connectivity index (χ4v) is 5.76. The molecule has 2 aliphatic heterocycles. The second-order valence-corrected chi connectivity index (χ2v) is 10.2. The molecule has 0 spiro atoms. The monoisotopic (exact) mass is 441 g/mol. The molecule has 1 saturated heterocycles. The van der Waals surface area contributed by atoms with E-state index in [9.17, 15) is 19.0 Å². The maximum absolute atomic E-state index is 13.3. The van der Waals surface area contributed by atoms with Gasteiger partial charge in [-0.2, -0.15) is 10.2 Å². The van der Waals surface area contributed by atoms with Crippen molar-refractivity contribution >= 4 is 22.6 Å². The highest BCUT2D eigenvalue weighted by molar-refractivity contribution is 7.85. The molecular formula is C22H24FN5O2S. The van der Waals surface area contributed by atoms with Gasteiger partial charge in [0.2, 0.25) is 5.95 Å². The molecule has 2 aromatic rings. The lowest BCUT2D eigenvalue weighted by Gasteiger charge is -2.38. The first-order valence-corrected chi connectivity index (χ1v) is 11.9. The average molecular weight is 442 g/mol. The van der Waals surface area contributed by atoms with Gasteiger partial charge in [-0.15, -0.1) is 0 Å². The molecule has 1 saturated carbocycles. The van der Waals surface area contributed by atoms with Crippen molar-refractivity contribution in [3.05, 3.63) is 41.3 Å². The molecule has 31 heavy (non-hydrogen) atoms. The second-order valence-electron chi connectivity index (χ2n) is 8.70. The minimum Gasteiger partial charge on any atom is -0.394 e. The van der Waals surface area contributed by atoms with Crippen molar-refractivity contribution < 1.29 is 13.7 Å². The Kier molecular flexibility index (Phi) is 4.94. The number of hydrogen-bond donors (Lipinski definition) is 2. The van der Waals surface area contributed by atoms with E-state index in [-0.39, 0.29) is 18.0 Å². The Balaban J connectivity index is 1.41. The lowest BCUT2D eigenvalue weighted by atomic mass is 9.74. The number of fused-ring (bicyclic) bond motifs is 1. The molecule has 1 unspecified atom stereocenters. The number of halogens is 1. The molecule has 162 valence electrons. The Labute approximate surface area is 182 Å². The van der Waals surface area contributed by atoms with Crippen LogP contribution in [0.2, 0.25) is 0 Å². The van der Waals surface area contributed by atoms with Crippen LogP contribution in [-0.4, -0.2) is 50.3 Å². The van der Waals surface area contributed by atoms with Gasteiger partial charge in [-0.05, 0) is 43.4 Å². The number of aryl methyl sites for hydroxylation is 1. The second kappa shape index (κ2) is 7.53. The van der Waals surface area contributed by atoms with Crippen LogP contribution >= 0.6 is 0 Å². The van der Waals surface area contributed by atoms with E-state index in [1.807, 2.05) is 0 Å². The number of anilines is 2. The molecule has 3 aliphatic rings. The fraction of sp³-hybridized carbons (Fsp3) is 0.500. The van der Waals surface area contributed by atoms with E-state index in [4.69, 9.17) is 9.97 Å². The lowest BCUT2D eigenvalue weighted by Crippen LogP contribution is -2.43. The number of piperidine rings is 1. The van der Waals surface area contributed by atoms with Crippen LogP contribution in [0.1, 0.15) is 36.9 Å². The molecular weight excluding hydrogens is 417 g/mol. The first-order valence-electron chi connectivity index (χ1n) is 10.6. The van der Waals surface area contributed by atoms with Crippen molar-refractivity contribution in [1.29, 1.82) is 5.26 Å². The lowest BCUT2D eigenvalue weighted by molar-refractivity contribution is 0.265. The van der Waals surface area contributed by atoms with Crippen LogP contribution in [0.3, 0.4) is 0 Å². The zero-order valence-electron chi connectivity index (χ0n) is 17.1. The summed E-state index contributed by atoms with van der Waals surface area (Å²) in [6, 6.07) is 8.65. The summed E-state index contributed by atoms with van der Waals surface area (Å²) in [5.74, 6) is 1.36. The third-order valence-electron chi connectivity index (χ3n) is 6.73. The molecule has 3 heterocycles. The van der Waals surface area contributed by atoms with Crippen molar-refractivity contribution in [2.45, 2.75) is 48.0 Å². The summed E-state index contributed by atoms with van der Waals surface area (Å²) in [6.45, 7) is 1.20. The van der Waals surface area contributed by atoms with E-state index >= 15 is 0 Å². The Hall–Kier alpha value is -2.57. The van der Waals surface area contributed by atoms with Gasteiger partial charge in [0, 0.05) is 25.3 Å².